The molecular formula is C45H52F3N3O5S. The first kappa shape index (κ1) is 43.2. The molecule has 0 aliphatic carbocycles. The average molecular weight is 804 g/mol. The Bertz CT molecular complexity index is 1900. The van der Waals surface area contributed by atoms with Crippen molar-refractivity contribution in [3.05, 3.63) is 118 Å². The van der Waals surface area contributed by atoms with Crippen LogP contribution in [0.1, 0.15) is 71.3 Å². The van der Waals surface area contributed by atoms with Crippen LogP contribution in [-0.2, 0) is 22.6 Å². The number of methoxy groups -OCH3 is 1. The normalized spacial score (nSPS) is 15.2. The van der Waals surface area contributed by atoms with E-state index < -0.39 is 12.1 Å². The van der Waals surface area contributed by atoms with E-state index in [1.54, 1.807) is 24.5 Å². The lowest BCUT2D eigenvalue weighted by atomic mass is 9.87. The van der Waals surface area contributed by atoms with E-state index in [4.69, 9.17) is 14.6 Å². The zero-order chi connectivity index (χ0) is 40.6. The summed E-state index contributed by atoms with van der Waals surface area (Å²) >= 11 is 1.72. The first-order valence-corrected chi connectivity index (χ1v) is 20.5. The van der Waals surface area contributed by atoms with E-state index in [2.05, 4.69) is 52.0 Å². The van der Waals surface area contributed by atoms with Gasteiger partial charge >= 0.3 is 12.1 Å². The second-order valence-electron chi connectivity index (χ2n) is 14.6. The maximum atomic E-state index is 13.6. The SMILES string of the molecule is COc1ccc(C=CC(=O)N(CCc2cccs2)Cc2cccc(-c3cccc(C(=O)N4CCC(CCCC5CCNCC5)CC4)c3)c2)cc1.O=C(O)C(F)(F)F. The number of carbonyl (C=O) groups is 3. The maximum Gasteiger partial charge on any atom is 0.490 e. The number of hydrogen-bond acceptors (Lipinski definition) is 6. The highest BCUT2D eigenvalue weighted by Crippen LogP contribution is 2.28. The fourth-order valence-electron chi connectivity index (χ4n) is 7.33. The third kappa shape index (κ3) is 13.9. The van der Waals surface area contributed by atoms with Gasteiger partial charge in [0.25, 0.3) is 5.91 Å². The van der Waals surface area contributed by atoms with Crippen molar-refractivity contribution in [1.82, 2.24) is 15.1 Å². The number of carboxylic acids is 1. The molecule has 4 aromatic rings. The second-order valence-corrected chi connectivity index (χ2v) is 15.7. The van der Waals surface area contributed by atoms with Gasteiger partial charge in [0.2, 0.25) is 5.91 Å². The lowest BCUT2D eigenvalue weighted by molar-refractivity contribution is -0.192. The number of ether oxygens (including phenoxy) is 1. The van der Waals surface area contributed by atoms with Crippen molar-refractivity contribution in [2.24, 2.45) is 11.8 Å². The average Bonchev–Trinajstić information content (AvgIpc) is 3.76. The van der Waals surface area contributed by atoms with Gasteiger partial charge in [-0.3, -0.25) is 9.59 Å². The molecule has 0 radical (unpaired) electrons. The van der Waals surface area contributed by atoms with E-state index in [0.29, 0.717) is 13.1 Å². The summed E-state index contributed by atoms with van der Waals surface area (Å²) in [7, 11) is 1.65. The Hall–Kier alpha value is -4.94. The van der Waals surface area contributed by atoms with E-state index in [0.717, 1.165) is 77.8 Å². The number of benzene rings is 3. The van der Waals surface area contributed by atoms with Gasteiger partial charge in [-0.1, -0.05) is 67.8 Å². The third-order valence-corrected chi connectivity index (χ3v) is 11.6. The summed E-state index contributed by atoms with van der Waals surface area (Å²) in [4.78, 5) is 41.3. The zero-order valence-electron chi connectivity index (χ0n) is 32.4. The number of likely N-dealkylation sites (tertiary alicyclic amines) is 1. The molecule has 8 nitrogen and oxygen atoms in total. The molecule has 6 rings (SSSR count). The fourth-order valence-corrected chi connectivity index (χ4v) is 8.03. The van der Waals surface area contributed by atoms with Gasteiger partial charge in [0.15, 0.2) is 0 Å². The van der Waals surface area contributed by atoms with Crippen molar-refractivity contribution >= 4 is 35.2 Å². The van der Waals surface area contributed by atoms with Crippen LogP contribution in [0.15, 0.2) is 96.4 Å². The Morgan fingerprint density at radius 1 is 0.895 bits per heavy atom. The molecule has 12 heteroatoms. The smallest absolute Gasteiger partial charge is 0.490 e. The number of thiophene rings is 1. The summed E-state index contributed by atoms with van der Waals surface area (Å²) < 4.78 is 37.0. The molecule has 0 atom stereocenters. The zero-order valence-corrected chi connectivity index (χ0v) is 33.2. The van der Waals surface area contributed by atoms with Gasteiger partial charge in [-0.25, -0.2) is 4.79 Å². The van der Waals surface area contributed by atoms with E-state index in [1.807, 2.05) is 59.5 Å². The monoisotopic (exact) mass is 803 g/mol. The Morgan fingerprint density at radius 3 is 2.18 bits per heavy atom. The van der Waals surface area contributed by atoms with Gasteiger partial charge < -0.3 is 25.0 Å². The van der Waals surface area contributed by atoms with E-state index >= 15 is 0 Å². The van der Waals surface area contributed by atoms with E-state index in [9.17, 15) is 22.8 Å². The molecular weight excluding hydrogens is 752 g/mol. The number of hydrogen-bond donors (Lipinski definition) is 2. The van der Waals surface area contributed by atoms with Crippen molar-refractivity contribution in [2.75, 3.05) is 39.8 Å². The van der Waals surface area contributed by atoms with Crippen LogP contribution in [0.5, 0.6) is 5.75 Å². The van der Waals surface area contributed by atoms with Crippen molar-refractivity contribution in [3.8, 4) is 16.9 Å². The summed E-state index contributed by atoms with van der Waals surface area (Å²) in [5.41, 5.74) is 4.80. The van der Waals surface area contributed by atoms with Gasteiger partial charge in [0, 0.05) is 42.7 Å². The highest BCUT2D eigenvalue weighted by Gasteiger charge is 2.38. The molecule has 3 aromatic carbocycles. The van der Waals surface area contributed by atoms with Gasteiger partial charge in [-0.15, -0.1) is 11.3 Å². The number of aliphatic carboxylic acids is 1. The minimum Gasteiger partial charge on any atom is -0.497 e. The minimum absolute atomic E-state index is 0.0269. The van der Waals surface area contributed by atoms with Gasteiger partial charge in [-0.2, -0.15) is 13.2 Å². The summed E-state index contributed by atoms with van der Waals surface area (Å²) in [5.74, 6) is -0.228. The third-order valence-electron chi connectivity index (χ3n) is 10.6. The van der Waals surface area contributed by atoms with Gasteiger partial charge in [0.1, 0.15) is 5.75 Å². The maximum absolute atomic E-state index is 13.6. The van der Waals surface area contributed by atoms with E-state index in [1.165, 1.54) is 50.1 Å². The molecule has 0 saturated carbocycles. The summed E-state index contributed by atoms with van der Waals surface area (Å²) in [6, 6.07) is 28.3. The molecule has 1 aromatic heterocycles. The molecule has 2 amide bonds. The van der Waals surface area contributed by atoms with Gasteiger partial charge in [-0.05, 0) is 127 Å². The van der Waals surface area contributed by atoms with Crippen LogP contribution in [0.4, 0.5) is 13.2 Å². The fraction of sp³-hybridized carbons (Fsp3) is 0.400. The molecule has 0 spiro atoms. The predicted molar refractivity (Wildman–Crippen MR) is 219 cm³/mol. The number of nitrogens with one attached hydrogen (secondary N) is 1. The van der Waals surface area contributed by atoms with Crippen LogP contribution < -0.4 is 10.1 Å². The molecule has 2 aliphatic rings. The standard InChI is InChI=1S/C43H51N3O3S.C2HF3O2/c1-49-40-16-13-35(14-17-40)15-18-42(47)46(28-23-41-12-5-29-50-41)32-36-8-3-9-37(30-36)38-10-4-11-39(31-38)43(48)45-26-21-34(22-27-45)7-2-6-33-19-24-44-25-20-33;3-2(4,5)1(6)7/h3-5,8-18,29-31,33-34,44H,2,6-7,19-28,32H2,1H3;(H,6,7). The molecule has 3 heterocycles. The molecule has 2 aliphatic heterocycles. The topological polar surface area (TPSA) is 99.2 Å². The van der Waals surface area contributed by atoms with Crippen molar-refractivity contribution in [2.45, 2.75) is 64.1 Å². The lowest BCUT2D eigenvalue weighted by Crippen LogP contribution is -2.38. The number of piperidine rings is 2. The Labute approximate surface area is 337 Å². The van der Waals surface area contributed by atoms with Crippen LogP contribution in [0.3, 0.4) is 0 Å². The van der Waals surface area contributed by atoms with Gasteiger partial charge in [0.05, 0.1) is 7.11 Å². The number of alkyl halides is 3. The molecule has 57 heavy (non-hydrogen) atoms. The summed E-state index contributed by atoms with van der Waals surface area (Å²) in [5, 5.41) is 12.7. The van der Waals surface area contributed by atoms with Crippen LogP contribution in [0, 0.1) is 11.8 Å². The Balaban J connectivity index is 0.000000811. The van der Waals surface area contributed by atoms with Crippen LogP contribution >= 0.6 is 11.3 Å². The lowest BCUT2D eigenvalue weighted by Gasteiger charge is -2.32. The highest BCUT2D eigenvalue weighted by atomic mass is 32.1. The number of nitrogens with zero attached hydrogens (tertiary/aromatic N) is 2. The van der Waals surface area contributed by atoms with Crippen LogP contribution in [-0.4, -0.2) is 78.7 Å². The van der Waals surface area contributed by atoms with E-state index in [-0.39, 0.29) is 11.8 Å². The number of rotatable bonds is 14. The number of carbonyl (C=O) groups excluding carboxylic acids is 2. The van der Waals surface area contributed by atoms with Crippen LogP contribution in [0.2, 0.25) is 0 Å². The quantitative estimate of drug-likeness (QED) is 0.123. The Kier molecular flexibility index (Phi) is 16.3. The molecule has 2 N–H and O–H groups in total. The van der Waals surface area contributed by atoms with Crippen molar-refractivity contribution < 1.29 is 37.4 Å². The highest BCUT2D eigenvalue weighted by molar-refractivity contribution is 7.09. The number of amides is 2. The largest absolute Gasteiger partial charge is 0.497 e. The van der Waals surface area contributed by atoms with Crippen molar-refractivity contribution in [3.63, 3.8) is 0 Å². The molecule has 0 bridgehead atoms. The predicted octanol–water partition coefficient (Wildman–Crippen LogP) is 9.36. The number of carboxylic acid groups (broad SMARTS) is 1. The number of halogens is 3. The molecule has 2 fully saturated rings. The van der Waals surface area contributed by atoms with Crippen LogP contribution in [0.25, 0.3) is 17.2 Å². The summed E-state index contributed by atoms with van der Waals surface area (Å²) in [6.45, 7) is 5.17. The molecule has 304 valence electrons. The Morgan fingerprint density at radius 2 is 1.54 bits per heavy atom. The summed E-state index contributed by atoms with van der Waals surface area (Å²) in [6.07, 6.45) is 8.10. The molecule has 2 saturated heterocycles. The minimum atomic E-state index is -5.08. The first-order chi connectivity index (χ1) is 27.5. The molecule has 0 unspecified atom stereocenters. The second kappa shape index (κ2) is 21.5. The van der Waals surface area contributed by atoms with Crippen molar-refractivity contribution in [1.29, 1.82) is 0 Å². The first-order valence-electron chi connectivity index (χ1n) is 19.6.